The number of rotatable bonds is 3. The van der Waals surface area contributed by atoms with Crippen LogP contribution in [0.25, 0.3) is 0 Å². The number of carboxylic acids is 1. The van der Waals surface area contributed by atoms with E-state index in [1.54, 1.807) is 6.26 Å². The van der Waals surface area contributed by atoms with Crippen LogP contribution in [0.1, 0.15) is 44.9 Å². The summed E-state index contributed by atoms with van der Waals surface area (Å²) in [5.74, 6) is 0.0926. The first-order valence-corrected chi connectivity index (χ1v) is 6.09. The molecule has 0 amide bonds. The van der Waals surface area contributed by atoms with Gasteiger partial charge in [0.25, 0.3) is 0 Å². The van der Waals surface area contributed by atoms with Gasteiger partial charge in [-0.3, -0.25) is 9.69 Å². The summed E-state index contributed by atoms with van der Waals surface area (Å²) < 4.78 is 5.39. The zero-order valence-electron chi connectivity index (χ0n) is 10.3. The predicted molar refractivity (Wildman–Crippen MR) is 63.7 cm³/mol. The van der Waals surface area contributed by atoms with Crippen molar-refractivity contribution in [3.05, 3.63) is 24.2 Å². The molecule has 1 aliphatic rings. The van der Waals surface area contributed by atoms with Crippen molar-refractivity contribution in [2.75, 3.05) is 6.54 Å². The van der Waals surface area contributed by atoms with E-state index in [1.165, 1.54) is 0 Å². The third kappa shape index (κ3) is 2.09. The highest BCUT2D eigenvalue weighted by atomic mass is 16.4. The van der Waals surface area contributed by atoms with Crippen LogP contribution in [0, 0.1) is 0 Å². The van der Waals surface area contributed by atoms with Crippen molar-refractivity contribution in [1.82, 2.24) is 4.90 Å². The maximum absolute atomic E-state index is 11.5. The van der Waals surface area contributed by atoms with Gasteiger partial charge in [0.05, 0.1) is 12.3 Å². The summed E-state index contributed by atoms with van der Waals surface area (Å²) >= 11 is 0. The first kappa shape index (κ1) is 12.2. The van der Waals surface area contributed by atoms with Gasteiger partial charge in [0.1, 0.15) is 11.3 Å². The first-order chi connectivity index (χ1) is 8.05. The van der Waals surface area contributed by atoms with Gasteiger partial charge in [-0.05, 0) is 51.8 Å². The van der Waals surface area contributed by atoms with E-state index in [2.05, 4.69) is 0 Å². The number of aliphatic carboxylic acids is 1. The Morgan fingerprint density at radius 2 is 2.35 bits per heavy atom. The first-order valence-electron chi connectivity index (χ1n) is 6.09. The van der Waals surface area contributed by atoms with Gasteiger partial charge in [0.2, 0.25) is 0 Å². The molecule has 1 aliphatic heterocycles. The van der Waals surface area contributed by atoms with E-state index in [0.717, 1.165) is 25.1 Å². The fourth-order valence-corrected chi connectivity index (χ4v) is 2.68. The zero-order valence-corrected chi connectivity index (χ0v) is 10.3. The predicted octanol–water partition coefficient (Wildman–Crippen LogP) is 2.67. The van der Waals surface area contributed by atoms with E-state index >= 15 is 0 Å². The number of carboxylic acid groups (broad SMARTS) is 1. The molecule has 1 aromatic rings. The van der Waals surface area contributed by atoms with Crippen LogP contribution in [0.15, 0.2) is 22.8 Å². The maximum atomic E-state index is 11.5. The normalized spacial score (nSPS) is 27.9. The van der Waals surface area contributed by atoms with Crippen molar-refractivity contribution in [2.24, 2.45) is 0 Å². The molecular formula is C13H19NO3. The van der Waals surface area contributed by atoms with Crippen LogP contribution < -0.4 is 0 Å². The number of piperidine rings is 1. The van der Waals surface area contributed by atoms with E-state index in [-0.39, 0.29) is 6.04 Å². The Labute approximate surface area is 101 Å². The Morgan fingerprint density at radius 1 is 1.59 bits per heavy atom. The molecule has 1 aromatic heterocycles. The topological polar surface area (TPSA) is 53.7 Å². The van der Waals surface area contributed by atoms with Crippen LogP contribution in [-0.2, 0) is 4.79 Å². The lowest BCUT2D eigenvalue weighted by Crippen LogP contribution is -2.55. The van der Waals surface area contributed by atoms with Crippen LogP contribution in [0.3, 0.4) is 0 Å². The average molecular weight is 237 g/mol. The fourth-order valence-electron chi connectivity index (χ4n) is 2.68. The summed E-state index contributed by atoms with van der Waals surface area (Å²) in [6.07, 6.45) is 4.36. The lowest BCUT2D eigenvalue weighted by atomic mass is 9.87. The molecule has 2 rings (SSSR count). The van der Waals surface area contributed by atoms with Crippen LogP contribution >= 0.6 is 0 Å². The summed E-state index contributed by atoms with van der Waals surface area (Å²) in [6, 6.07) is 3.75. The van der Waals surface area contributed by atoms with Crippen molar-refractivity contribution < 1.29 is 14.3 Å². The van der Waals surface area contributed by atoms with Crippen molar-refractivity contribution in [1.29, 1.82) is 0 Å². The molecule has 0 saturated carbocycles. The molecule has 0 aliphatic carbocycles. The van der Waals surface area contributed by atoms with E-state index in [4.69, 9.17) is 4.42 Å². The molecule has 2 unspecified atom stereocenters. The third-order valence-electron chi connectivity index (χ3n) is 3.83. The molecule has 94 valence electrons. The molecule has 4 nitrogen and oxygen atoms in total. The van der Waals surface area contributed by atoms with Crippen LogP contribution in [0.2, 0.25) is 0 Å². The largest absolute Gasteiger partial charge is 0.480 e. The second-order valence-corrected chi connectivity index (χ2v) is 4.92. The molecule has 17 heavy (non-hydrogen) atoms. The second kappa shape index (κ2) is 4.53. The van der Waals surface area contributed by atoms with Crippen LogP contribution in [0.4, 0.5) is 0 Å². The van der Waals surface area contributed by atoms with E-state index in [0.29, 0.717) is 6.42 Å². The Morgan fingerprint density at radius 3 is 2.94 bits per heavy atom. The van der Waals surface area contributed by atoms with Gasteiger partial charge in [0, 0.05) is 0 Å². The van der Waals surface area contributed by atoms with Gasteiger partial charge >= 0.3 is 5.97 Å². The van der Waals surface area contributed by atoms with E-state index in [1.807, 2.05) is 30.9 Å². The number of furan rings is 1. The Hall–Kier alpha value is -1.29. The van der Waals surface area contributed by atoms with Gasteiger partial charge in [-0.2, -0.15) is 0 Å². The molecule has 2 heterocycles. The number of hydrogen-bond donors (Lipinski definition) is 1. The molecule has 2 atom stereocenters. The molecule has 1 saturated heterocycles. The minimum Gasteiger partial charge on any atom is -0.480 e. The van der Waals surface area contributed by atoms with Crippen molar-refractivity contribution in [3.8, 4) is 0 Å². The maximum Gasteiger partial charge on any atom is 0.323 e. The van der Waals surface area contributed by atoms with Gasteiger partial charge < -0.3 is 9.52 Å². The zero-order chi connectivity index (χ0) is 12.5. The van der Waals surface area contributed by atoms with Gasteiger partial charge in [-0.25, -0.2) is 0 Å². The van der Waals surface area contributed by atoms with Gasteiger partial charge in [0.15, 0.2) is 0 Å². The summed E-state index contributed by atoms with van der Waals surface area (Å²) in [5.41, 5.74) is -0.773. The lowest BCUT2D eigenvalue weighted by molar-refractivity contribution is -0.155. The Kier molecular flexibility index (Phi) is 3.24. The highest BCUT2D eigenvalue weighted by Crippen LogP contribution is 2.35. The number of carbonyl (C=O) groups is 1. The third-order valence-corrected chi connectivity index (χ3v) is 3.83. The Balaban J connectivity index is 2.25. The van der Waals surface area contributed by atoms with Crippen molar-refractivity contribution >= 4 is 5.97 Å². The molecule has 0 spiro atoms. The van der Waals surface area contributed by atoms with Crippen LogP contribution in [-0.4, -0.2) is 28.1 Å². The molecule has 1 N–H and O–H groups in total. The Bertz CT molecular complexity index is 387. The summed E-state index contributed by atoms with van der Waals surface area (Å²) in [7, 11) is 0. The SMILES string of the molecule is CC(c1ccco1)N1CCCCC1(C)C(=O)O. The minimum absolute atomic E-state index is 0.00593. The highest BCUT2D eigenvalue weighted by molar-refractivity contribution is 5.78. The number of nitrogens with zero attached hydrogens (tertiary/aromatic N) is 1. The molecule has 0 bridgehead atoms. The van der Waals surface area contributed by atoms with Crippen LogP contribution in [0.5, 0.6) is 0 Å². The van der Waals surface area contributed by atoms with Crippen molar-refractivity contribution in [2.45, 2.75) is 44.7 Å². The lowest BCUT2D eigenvalue weighted by Gasteiger charge is -2.44. The standard InChI is InChI=1S/C13H19NO3/c1-10(11-6-5-9-17-11)14-8-4-3-7-13(14,2)12(15)16/h5-6,9-10H,3-4,7-8H2,1-2H3,(H,15,16). The fraction of sp³-hybridized carbons (Fsp3) is 0.615. The number of likely N-dealkylation sites (tertiary alicyclic amines) is 1. The number of hydrogen-bond acceptors (Lipinski definition) is 3. The van der Waals surface area contributed by atoms with Gasteiger partial charge in [-0.15, -0.1) is 0 Å². The second-order valence-electron chi connectivity index (χ2n) is 4.92. The average Bonchev–Trinajstić information content (AvgIpc) is 2.82. The summed E-state index contributed by atoms with van der Waals surface area (Å²) in [5, 5.41) is 9.44. The molecule has 0 radical (unpaired) electrons. The highest BCUT2D eigenvalue weighted by Gasteiger charge is 2.44. The van der Waals surface area contributed by atoms with E-state index < -0.39 is 11.5 Å². The van der Waals surface area contributed by atoms with Gasteiger partial charge in [-0.1, -0.05) is 0 Å². The molecule has 0 aromatic carbocycles. The van der Waals surface area contributed by atoms with E-state index in [9.17, 15) is 9.90 Å². The summed E-state index contributed by atoms with van der Waals surface area (Å²) in [4.78, 5) is 13.5. The molecule has 4 heteroatoms. The minimum atomic E-state index is -0.773. The quantitative estimate of drug-likeness (QED) is 0.878. The monoisotopic (exact) mass is 237 g/mol. The summed E-state index contributed by atoms with van der Waals surface area (Å²) in [6.45, 7) is 4.63. The van der Waals surface area contributed by atoms with Crippen molar-refractivity contribution in [3.63, 3.8) is 0 Å². The smallest absolute Gasteiger partial charge is 0.323 e. The molecular weight excluding hydrogens is 218 g/mol. The molecule has 1 fully saturated rings.